The molecule has 3 atom stereocenters. The van der Waals surface area contributed by atoms with Gasteiger partial charge in [-0.15, -0.1) is 0 Å². The molecule has 0 bridgehead atoms. The van der Waals surface area contributed by atoms with Gasteiger partial charge in [0.1, 0.15) is 0 Å². The Morgan fingerprint density at radius 2 is 1.44 bits per heavy atom. The highest BCUT2D eigenvalue weighted by Crippen LogP contribution is 2.21. The molecule has 0 spiro atoms. The third-order valence-corrected chi connectivity index (χ3v) is 4.36. The van der Waals surface area contributed by atoms with Gasteiger partial charge in [-0.25, -0.2) is 0 Å². The minimum atomic E-state index is 0.391. The number of rotatable bonds is 12. The fourth-order valence-electron chi connectivity index (χ4n) is 2.61. The Bertz CT molecular complexity index is 167. The third-order valence-electron chi connectivity index (χ3n) is 4.36. The normalized spacial score (nSPS) is 16.5. The van der Waals surface area contributed by atoms with E-state index < -0.39 is 0 Å². The standard InChI is InChI=1S/C17H36O/c1-5-9-16(4)12-13-17(14-18)11-8-7-10-15(3)6-2/h15-18H,5-14H2,1-4H3. The van der Waals surface area contributed by atoms with Crippen LogP contribution in [-0.4, -0.2) is 11.7 Å². The quantitative estimate of drug-likeness (QED) is 0.462. The molecule has 0 aromatic carbocycles. The summed E-state index contributed by atoms with van der Waals surface area (Å²) in [6, 6.07) is 0. The summed E-state index contributed by atoms with van der Waals surface area (Å²) < 4.78 is 0. The molecule has 110 valence electrons. The smallest absolute Gasteiger partial charge is 0.0459 e. The molecule has 0 heterocycles. The lowest BCUT2D eigenvalue weighted by molar-refractivity contribution is 0.198. The van der Waals surface area contributed by atoms with Crippen molar-refractivity contribution in [2.45, 2.75) is 85.5 Å². The first-order chi connectivity index (χ1) is 8.63. The molecule has 18 heavy (non-hydrogen) atoms. The summed E-state index contributed by atoms with van der Waals surface area (Å²) in [7, 11) is 0. The van der Waals surface area contributed by atoms with Crippen molar-refractivity contribution in [3.05, 3.63) is 0 Å². The van der Waals surface area contributed by atoms with E-state index in [2.05, 4.69) is 27.7 Å². The fourth-order valence-corrected chi connectivity index (χ4v) is 2.61. The van der Waals surface area contributed by atoms with Gasteiger partial charge < -0.3 is 5.11 Å². The third kappa shape index (κ3) is 9.94. The van der Waals surface area contributed by atoms with Crippen LogP contribution in [0.15, 0.2) is 0 Å². The maximum atomic E-state index is 9.42. The van der Waals surface area contributed by atoms with Gasteiger partial charge in [-0.1, -0.05) is 72.6 Å². The molecule has 0 aromatic heterocycles. The van der Waals surface area contributed by atoms with Crippen molar-refractivity contribution in [2.24, 2.45) is 17.8 Å². The van der Waals surface area contributed by atoms with Crippen molar-refractivity contribution in [2.75, 3.05) is 6.61 Å². The molecule has 1 nitrogen and oxygen atoms in total. The van der Waals surface area contributed by atoms with Crippen LogP contribution in [0.5, 0.6) is 0 Å². The summed E-state index contributed by atoms with van der Waals surface area (Å²) in [4.78, 5) is 0. The monoisotopic (exact) mass is 256 g/mol. The van der Waals surface area contributed by atoms with E-state index in [4.69, 9.17) is 0 Å². The van der Waals surface area contributed by atoms with E-state index in [1.54, 1.807) is 0 Å². The van der Waals surface area contributed by atoms with Gasteiger partial charge in [-0.3, -0.25) is 0 Å². The van der Waals surface area contributed by atoms with Crippen molar-refractivity contribution in [1.29, 1.82) is 0 Å². The molecule has 1 heteroatoms. The van der Waals surface area contributed by atoms with Crippen LogP contribution >= 0.6 is 0 Å². The maximum Gasteiger partial charge on any atom is 0.0459 e. The molecule has 0 aliphatic heterocycles. The highest BCUT2D eigenvalue weighted by atomic mass is 16.3. The van der Waals surface area contributed by atoms with Crippen molar-refractivity contribution < 1.29 is 5.11 Å². The first-order valence-corrected chi connectivity index (χ1v) is 8.24. The molecule has 0 fully saturated rings. The Kier molecular flexibility index (Phi) is 12.0. The molecule has 0 amide bonds. The van der Waals surface area contributed by atoms with E-state index in [1.807, 2.05) is 0 Å². The molecular formula is C17H36O. The SMILES string of the molecule is CCCC(C)CCC(CO)CCCCC(C)CC. The first-order valence-electron chi connectivity index (χ1n) is 8.24. The summed E-state index contributed by atoms with van der Waals surface area (Å²) in [5.74, 6) is 2.27. The average molecular weight is 256 g/mol. The zero-order valence-electron chi connectivity index (χ0n) is 13.3. The van der Waals surface area contributed by atoms with Crippen LogP contribution in [0.3, 0.4) is 0 Å². The van der Waals surface area contributed by atoms with Gasteiger partial charge in [0.15, 0.2) is 0 Å². The number of aliphatic hydroxyl groups is 1. The van der Waals surface area contributed by atoms with Crippen molar-refractivity contribution in [3.63, 3.8) is 0 Å². The number of aliphatic hydroxyl groups excluding tert-OH is 1. The molecule has 0 radical (unpaired) electrons. The number of unbranched alkanes of at least 4 members (excludes halogenated alkanes) is 1. The minimum Gasteiger partial charge on any atom is -0.396 e. The zero-order valence-corrected chi connectivity index (χ0v) is 13.3. The van der Waals surface area contributed by atoms with Crippen LogP contribution in [0, 0.1) is 17.8 Å². The highest BCUT2D eigenvalue weighted by molar-refractivity contribution is 4.62. The Hall–Kier alpha value is -0.0400. The second-order valence-corrected chi connectivity index (χ2v) is 6.32. The Balaban J connectivity index is 3.57. The summed E-state index contributed by atoms with van der Waals surface area (Å²) in [5.41, 5.74) is 0. The lowest BCUT2D eigenvalue weighted by Gasteiger charge is -2.17. The highest BCUT2D eigenvalue weighted by Gasteiger charge is 2.10. The minimum absolute atomic E-state index is 0.391. The Morgan fingerprint density at radius 1 is 0.778 bits per heavy atom. The van der Waals surface area contributed by atoms with E-state index in [1.165, 1.54) is 57.8 Å². The molecule has 3 unspecified atom stereocenters. The number of hydrogen-bond donors (Lipinski definition) is 1. The van der Waals surface area contributed by atoms with E-state index in [9.17, 15) is 5.11 Å². The zero-order chi connectivity index (χ0) is 13.8. The molecule has 0 saturated heterocycles. The predicted octanol–water partition coefficient (Wildman–Crippen LogP) is 5.42. The Labute approximate surface area is 115 Å². The summed E-state index contributed by atoms with van der Waals surface area (Å²) in [6.07, 6.45) is 11.7. The molecule has 0 rings (SSSR count). The van der Waals surface area contributed by atoms with Crippen LogP contribution in [-0.2, 0) is 0 Å². The van der Waals surface area contributed by atoms with Crippen LogP contribution in [0.25, 0.3) is 0 Å². The van der Waals surface area contributed by atoms with E-state index in [0.717, 1.165) is 11.8 Å². The van der Waals surface area contributed by atoms with Crippen LogP contribution in [0.1, 0.15) is 85.5 Å². The second-order valence-electron chi connectivity index (χ2n) is 6.32. The van der Waals surface area contributed by atoms with Gasteiger partial charge in [0, 0.05) is 6.61 Å². The van der Waals surface area contributed by atoms with Gasteiger partial charge in [-0.05, 0) is 30.6 Å². The molecule has 0 aromatic rings. The van der Waals surface area contributed by atoms with Gasteiger partial charge in [0.05, 0.1) is 0 Å². The average Bonchev–Trinajstić information content (AvgIpc) is 2.37. The largest absolute Gasteiger partial charge is 0.396 e. The lowest BCUT2D eigenvalue weighted by Crippen LogP contribution is -2.08. The summed E-state index contributed by atoms with van der Waals surface area (Å²) >= 11 is 0. The van der Waals surface area contributed by atoms with Crippen LogP contribution < -0.4 is 0 Å². The molecule has 1 N–H and O–H groups in total. The van der Waals surface area contributed by atoms with Gasteiger partial charge >= 0.3 is 0 Å². The molecule has 0 saturated carbocycles. The van der Waals surface area contributed by atoms with E-state index in [-0.39, 0.29) is 0 Å². The first kappa shape index (κ1) is 18.0. The number of hydrogen-bond acceptors (Lipinski definition) is 1. The molecular weight excluding hydrogens is 220 g/mol. The Morgan fingerprint density at radius 3 is 2.00 bits per heavy atom. The lowest BCUT2D eigenvalue weighted by atomic mass is 9.90. The predicted molar refractivity (Wildman–Crippen MR) is 81.8 cm³/mol. The van der Waals surface area contributed by atoms with E-state index >= 15 is 0 Å². The van der Waals surface area contributed by atoms with Crippen molar-refractivity contribution >= 4 is 0 Å². The molecule has 0 aliphatic carbocycles. The van der Waals surface area contributed by atoms with Gasteiger partial charge in [0.2, 0.25) is 0 Å². The van der Waals surface area contributed by atoms with Gasteiger partial charge in [0.25, 0.3) is 0 Å². The fraction of sp³-hybridized carbons (Fsp3) is 1.00. The van der Waals surface area contributed by atoms with Crippen molar-refractivity contribution in [1.82, 2.24) is 0 Å². The molecule has 0 aliphatic rings. The van der Waals surface area contributed by atoms with Crippen LogP contribution in [0.4, 0.5) is 0 Å². The van der Waals surface area contributed by atoms with Crippen LogP contribution in [0.2, 0.25) is 0 Å². The van der Waals surface area contributed by atoms with Gasteiger partial charge in [-0.2, -0.15) is 0 Å². The maximum absolute atomic E-state index is 9.42. The second kappa shape index (κ2) is 12.0. The summed E-state index contributed by atoms with van der Waals surface area (Å²) in [6.45, 7) is 9.62. The van der Waals surface area contributed by atoms with E-state index in [0.29, 0.717) is 12.5 Å². The van der Waals surface area contributed by atoms with Crippen molar-refractivity contribution in [3.8, 4) is 0 Å². The summed E-state index contributed by atoms with van der Waals surface area (Å²) in [5, 5.41) is 9.42. The topological polar surface area (TPSA) is 20.2 Å².